The second-order valence-corrected chi connectivity index (χ2v) is 6.92. The molecule has 28 heavy (non-hydrogen) atoms. The fraction of sp³-hybridized carbons (Fsp3) is 0.0909. The van der Waals surface area contributed by atoms with Crippen LogP contribution in [0.1, 0.15) is 11.1 Å². The molecule has 0 unspecified atom stereocenters. The predicted octanol–water partition coefficient (Wildman–Crippen LogP) is 4.42. The van der Waals surface area contributed by atoms with Gasteiger partial charge in [0.05, 0.1) is 0 Å². The van der Waals surface area contributed by atoms with Gasteiger partial charge in [0.25, 0.3) is 5.91 Å². The summed E-state index contributed by atoms with van der Waals surface area (Å²) in [6, 6.07) is 15.2. The third kappa shape index (κ3) is 3.21. The van der Waals surface area contributed by atoms with Crippen molar-refractivity contribution in [3.63, 3.8) is 0 Å². The Kier molecular flexibility index (Phi) is 4.75. The van der Waals surface area contributed by atoms with Crippen molar-refractivity contribution >= 4 is 40.5 Å². The number of fused-ring (bicyclic) bond motifs is 1. The highest BCUT2D eigenvalue weighted by Gasteiger charge is 2.32. The number of halogens is 1. The van der Waals surface area contributed by atoms with Crippen molar-refractivity contribution < 1.29 is 9.59 Å². The number of urea groups is 1. The molecule has 2 heterocycles. The molecule has 1 saturated heterocycles. The number of rotatable bonds is 5. The molecule has 0 spiro atoms. The lowest BCUT2D eigenvalue weighted by Crippen LogP contribution is -2.30. The molecule has 6 heteroatoms. The Morgan fingerprint density at radius 3 is 2.61 bits per heavy atom. The first kappa shape index (κ1) is 18.1. The largest absolute Gasteiger partial charge is 0.342 e. The van der Waals surface area contributed by atoms with Crippen LogP contribution in [0.3, 0.4) is 0 Å². The number of nitrogens with one attached hydrogen (secondary N) is 1. The minimum atomic E-state index is -0.434. The number of benzene rings is 2. The van der Waals surface area contributed by atoms with Gasteiger partial charge in [0, 0.05) is 40.8 Å². The molecule has 5 nitrogen and oxygen atoms in total. The van der Waals surface area contributed by atoms with Crippen molar-refractivity contribution in [2.75, 3.05) is 6.54 Å². The molecule has 1 fully saturated rings. The Morgan fingerprint density at radius 1 is 1.07 bits per heavy atom. The van der Waals surface area contributed by atoms with E-state index in [0.717, 1.165) is 26.9 Å². The van der Waals surface area contributed by atoms with Gasteiger partial charge in [0.1, 0.15) is 5.70 Å². The highest BCUT2D eigenvalue weighted by atomic mass is 35.5. The summed E-state index contributed by atoms with van der Waals surface area (Å²) in [6.07, 6.45) is 5.21. The lowest BCUT2D eigenvalue weighted by Gasteiger charge is -2.07. The highest BCUT2D eigenvalue weighted by molar-refractivity contribution is 6.31. The van der Waals surface area contributed by atoms with Crippen molar-refractivity contribution in [3.05, 3.63) is 89.2 Å². The monoisotopic (exact) mass is 391 g/mol. The number of aromatic nitrogens is 1. The van der Waals surface area contributed by atoms with Crippen LogP contribution in [0.15, 0.2) is 73.1 Å². The normalized spacial score (nSPS) is 15.5. The number of para-hydroxylation sites is 1. The first-order valence-corrected chi connectivity index (χ1v) is 9.23. The van der Waals surface area contributed by atoms with Crippen molar-refractivity contribution in [3.8, 4) is 0 Å². The van der Waals surface area contributed by atoms with Gasteiger partial charge in [-0.25, -0.2) is 4.79 Å². The summed E-state index contributed by atoms with van der Waals surface area (Å²) in [5.41, 5.74) is 3.14. The smallest absolute Gasteiger partial charge is 0.329 e. The molecule has 1 aliphatic heterocycles. The first-order valence-electron chi connectivity index (χ1n) is 8.85. The van der Waals surface area contributed by atoms with E-state index in [2.05, 4.69) is 16.5 Å². The lowest BCUT2D eigenvalue weighted by molar-refractivity contribution is -0.122. The maximum absolute atomic E-state index is 12.5. The first-order chi connectivity index (χ1) is 13.6. The molecule has 140 valence electrons. The summed E-state index contributed by atoms with van der Waals surface area (Å²) < 4.78 is 2.09. The standard InChI is InChI=1S/C22H18ClN3O2/c1-2-11-26-21(27)19(24-22(26)28)12-16-14-25(20-10-6-4-8-17(16)20)13-15-7-3-5-9-18(15)23/h2-10,12,14H,1,11,13H2,(H,24,28)/b19-12+. The predicted molar refractivity (Wildman–Crippen MR) is 111 cm³/mol. The number of carbonyl (C=O) groups excluding carboxylic acids is 2. The summed E-state index contributed by atoms with van der Waals surface area (Å²) in [6.45, 7) is 4.37. The van der Waals surface area contributed by atoms with Crippen LogP contribution in [-0.2, 0) is 11.3 Å². The van der Waals surface area contributed by atoms with E-state index in [4.69, 9.17) is 11.6 Å². The van der Waals surface area contributed by atoms with Crippen molar-refractivity contribution in [1.29, 1.82) is 0 Å². The van der Waals surface area contributed by atoms with E-state index in [0.29, 0.717) is 11.6 Å². The van der Waals surface area contributed by atoms with Crippen LogP contribution in [0.25, 0.3) is 17.0 Å². The Morgan fingerprint density at radius 2 is 1.82 bits per heavy atom. The molecular formula is C22H18ClN3O2. The van der Waals surface area contributed by atoms with Crippen molar-refractivity contribution in [2.45, 2.75) is 6.54 Å². The molecular weight excluding hydrogens is 374 g/mol. The summed E-state index contributed by atoms with van der Waals surface area (Å²) in [4.78, 5) is 25.6. The van der Waals surface area contributed by atoms with Crippen LogP contribution in [0, 0.1) is 0 Å². The van der Waals surface area contributed by atoms with E-state index in [-0.39, 0.29) is 18.1 Å². The molecule has 3 amide bonds. The zero-order valence-electron chi connectivity index (χ0n) is 15.1. The third-order valence-corrected chi connectivity index (χ3v) is 5.06. The Bertz CT molecular complexity index is 1130. The minimum Gasteiger partial charge on any atom is -0.342 e. The minimum absolute atomic E-state index is 0.177. The van der Waals surface area contributed by atoms with Crippen LogP contribution in [0.4, 0.5) is 4.79 Å². The molecule has 0 radical (unpaired) electrons. The topological polar surface area (TPSA) is 54.3 Å². The van der Waals surface area contributed by atoms with E-state index in [1.807, 2.05) is 54.7 Å². The van der Waals surface area contributed by atoms with E-state index >= 15 is 0 Å². The van der Waals surface area contributed by atoms with Crippen LogP contribution >= 0.6 is 11.6 Å². The van der Waals surface area contributed by atoms with Crippen LogP contribution in [-0.4, -0.2) is 28.0 Å². The average Bonchev–Trinajstić information content (AvgIpc) is 3.17. The Hall–Kier alpha value is -3.31. The molecule has 1 aliphatic rings. The van der Waals surface area contributed by atoms with Gasteiger partial charge in [0.15, 0.2) is 0 Å². The van der Waals surface area contributed by atoms with Crippen molar-refractivity contribution in [2.24, 2.45) is 0 Å². The SMILES string of the molecule is C=CCN1C(=O)N/C(=C/c2cn(Cc3ccccc3Cl)c3ccccc23)C1=O. The van der Waals surface area contributed by atoms with E-state index < -0.39 is 6.03 Å². The van der Waals surface area contributed by atoms with Gasteiger partial charge in [-0.15, -0.1) is 6.58 Å². The molecule has 1 N–H and O–H groups in total. The fourth-order valence-electron chi connectivity index (χ4n) is 3.35. The molecule has 0 atom stereocenters. The van der Waals surface area contributed by atoms with Crippen LogP contribution in [0.2, 0.25) is 5.02 Å². The average molecular weight is 392 g/mol. The second-order valence-electron chi connectivity index (χ2n) is 6.51. The van der Waals surface area contributed by atoms with E-state index in [9.17, 15) is 9.59 Å². The van der Waals surface area contributed by atoms with E-state index in [1.54, 1.807) is 6.08 Å². The lowest BCUT2D eigenvalue weighted by atomic mass is 10.1. The summed E-state index contributed by atoms with van der Waals surface area (Å²) in [5, 5.41) is 4.34. The Labute approximate surface area is 167 Å². The zero-order valence-corrected chi connectivity index (χ0v) is 15.8. The van der Waals surface area contributed by atoms with Gasteiger partial charge in [-0.2, -0.15) is 0 Å². The summed E-state index contributed by atoms with van der Waals surface area (Å²) in [5.74, 6) is -0.354. The molecule has 0 saturated carbocycles. The van der Waals surface area contributed by atoms with Gasteiger partial charge >= 0.3 is 6.03 Å². The molecule has 2 aromatic carbocycles. The maximum atomic E-state index is 12.5. The number of amides is 3. The molecule has 4 rings (SSSR count). The van der Waals surface area contributed by atoms with Crippen molar-refractivity contribution in [1.82, 2.24) is 14.8 Å². The second kappa shape index (κ2) is 7.37. The highest BCUT2D eigenvalue weighted by Crippen LogP contribution is 2.26. The maximum Gasteiger partial charge on any atom is 0.329 e. The van der Waals surface area contributed by atoms with Crippen LogP contribution in [0.5, 0.6) is 0 Å². The number of hydrogen-bond acceptors (Lipinski definition) is 2. The molecule has 1 aromatic heterocycles. The van der Waals surface area contributed by atoms with Crippen LogP contribution < -0.4 is 5.32 Å². The number of imide groups is 1. The third-order valence-electron chi connectivity index (χ3n) is 4.69. The number of nitrogens with zero attached hydrogens (tertiary/aromatic N) is 2. The number of carbonyl (C=O) groups is 2. The van der Waals surface area contributed by atoms with Gasteiger partial charge in [-0.1, -0.05) is 54.1 Å². The van der Waals surface area contributed by atoms with Gasteiger partial charge in [0.2, 0.25) is 0 Å². The fourth-order valence-corrected chi connectivity index (χ4v) is 3.55. The van der Waals surface area contributed by atoms with E-state index in [1.165, 1.54) is 6.08 Å². The molecule has 0 aliphatic carbocycles. The Balaban J connectivity index is 1.75. The van der Waals surface area contributed by atoms with Gasteiger partial charge in [-0.05, 0) is 23.8 Å². The molecule has 3 aromatic rings. The molecule has 0 bridgehead atoms. The quantitative estimate of drug-likeness (QED) is 0.397. The summed E-state index contributed by atoms with van der Waals surface area (Å²) in [7, 11) is 0. The van der Waals surface area contributed by atoms with Gasteiger partial charge in [-0.3, -0.25) is 9.69 Å². The number of hydrogen-bond donors (Lipinski definition) is 1. The summed E-state index contributed by atoms with van der Waals surface area (Å²) >= 11 is 6.32. The van der Waals surface area contributed by atoms with Gasteiger partial charge < -0.3 is 9.88 Å². The zero-order chi connectivity index (χ0) is 19.7.